The van der Waals surface area contributed by atoms with E-state index in [0.717, 1.165) is 57.0 Å². The van der Waals surface area contributed by atoms with Crippen molar-refractivity contribution in [2.24, 2.45) is 5.92 Å². The zero-order valence-corrected chi connectivity index (χ0v) is 24.0. The lowest BCUT2D eigenvalue weighted by molar-refractivity contribution is -0.137. The van der Waals surface area contributed by atoms with Gasteiger partial charge >= 0.3 is 11.0 Å². The highest BCUT2D eigenvalue weighted by atomic mass is 32.2. The summed E-state index contributed by atoms with van der Waals surface area (Å²) in [6.45, 7) is -0.359. The van der Waals surface area contributed by atoms with Crippen molar-refractivity contribution in [3.8, 4) is 0 Å². The second kappa shape index (κ2) is 10.5. The molecule has 0 radical (unpaired) electrons. The molecular formula is C31H20F3N3O5S2. The first kappa shape index (κ1) is 28.2. The fraction of sp³-hybridized carbons (Fsp3) is 0.161. The lowest BCUT2D eigenvalue weighted by atomic mass is 9.87. The van der Waals surface area contributed by atoms with E-state index in [1.54, 1.807) is 24.3 Å². The first-order valence-electron chi connectivity index (χ1n) is 13.4. The number of thioether (sulfide) groups is 1. The van der Waals surface area contributed by atoms with Gasteiger partial charge in [-0.1, -0.05) is 65.6 Å². The molecule has 8 nitrogen and oxygen atoms in total. The quantitative estimate of drug-likeness (QED) is 0.234. The smallest absolute Gasteiger partial charge is 0.416 e. The van der Waals surface area contributed by atoms with Crippen molar-refractivity contribution in [2.45, 2.75) is 28.9 Å². The molecule has 7 rings (SSSR count). The summed E-state index contributed by atoms with van der Waals surface area (Å²) in [6.07, 6.45) is -3.28. The summed E-state index contributed by atoms with van der Waals surface area (Å²) in [7, 11) is 0. The van der Waals surface area contributed by atoms with Crippen molar-refractivity contribution in [1.82, 2.24) is 4.57 Å². The molecule has 0 spiro atoms. The van der Waals surface area contributed by atoms with Gasteiger partial charge in [-0.15, -0.1) is 0 Å². The number of alkyl halides is 3. The van der Waals surface area contributed by atoms with Gasteiger partial charge in [0.05, 0.1) is 39.3 Å². The number of hydrogen-bond acceptors (Lipinski definition) is 7. The van der Waals surface area contributed by atoms with Crippen molar-refractivity contribution >= 4 is 63.0 Å². The SMILES string of the molecule is O=C(Cn1c2c(sc1=O)[C@@H](c1ccco1)[C@@H]1C(=O)N(c3cccc(C(F)(F)F)c3)C(=O)[C@@H]1S2)Nc1cccc2ccccc12. The minimum atomic E-state index is -4.67. The molecule has 2 aromatic heterocycles. The van der Waals surface area contributed by atoms with Gasteiger partial charge in [0.2, 0.25) is 17.7 Å². The minimum Gasteiger partial charge on any atom is -0.469 e. The maximum absolute atomic E-state index is 13.8. The number of imide groups is 1. The van der Waals surface area contributed by atoms with Gasteiger partial charge < -0.3 is 9.73 Å². The number of amides is 3. The third kappa shape index (κ3) is 4.63. The number of halogens is 3. The van der Waals surface area contributed by atoms with E-state index in [2.05, 4.69) is 5.32 Å². The van der Waals surface area contributed by atoms with Crippen LogP contribution >= 0.6 is 23.1 Å². The van der Waals surface area contributed by atoms with Crippen LogP contribution in [-0.2, 0) is 27.1 Å². The highest BCUT2D eigenvalue weighted by molar-refractivity contribution is 8.00. The molecule has 2 aliphatic heterocycles. The third-order valence-electron chi connectivity index (χ3n) is 7.70. The van der Waals surface area contributed by atoms with Crippen LogP contribution in [0.2, 0.25) is 0 Å². The Labute approximate surface area is 255 Å². The van der Waals surface area contributed by atoms with Gasteiger partial charge in [0.25, 0.3) is 0 Å². The molecule has 1 fully saturated rings. The molecular weight excluding hydrogens is 615 g/mol. The maximum atomic E-state index is 13.8. The van der Waals surface area contributed by atoms with Gasteiger partial charge in [0.15, 0.2) is 0 Å². The summed E-state index contributed by atoms with van der Waals surface area (Å²) < 4.78 is 47.3. The monoisotopic (exact) mass is 635 g/mol. The van der Waals surface area contributed by atoms with Crippen LogP contribution in [0, 0.1) is 5.92 Å². The van der Waals surface area contributed by atoms with Gasteiger partial charge in [0, 0.05) is 11.1 Å². The summed E-state index contributed by atoms with van der Waals surface area (Å²) >= 11 is 1.81. The Morgan fingerprint density at radius 3 is 2.48 bits per heavy atom. The number of furan rings is 1. The molecule has 1 N–H and O–H groups in total. The van der Waals surface area contributed by atoms with Crippen LogP contribution in [0.4, 0.5) is 24.5 Å². The van der Waals surface area contributed by atoms with Crippen LogP contribution in [0.3, 0.4) is 0 Å². The molecule has 0 unspecified atom stereocenters. The van der Waals surface area contributed by atoms with Gasteiger partial charge in [-0.3, -0.25) is 23.7 Å². The Hall–Kier alpha value is -4.62. The van der Waals surface area contributed by atoms with Gasteiger partial charge in [-0.05, 0) is 41.8 Å². The van der Waals surface area contributed by atoms with Crippen molar-refractivity contribution in [1.29, 1.82) is 0 Å². The average molecular weight is 636 g/mol. The molecule has 5 aromatic rings. The molecule has 0 bridgehead atoms. The molecule has 222 valence electrons. The van der Waals surface area contributed by atoms with Crippen LogP contribution in [0.5, 0.6) is 0 Å². The first-order chi connectivity index (χ1) is 21.1. The number of carbonyl (C=O) groups is 3. The molecule has 1 saturated heterocycles. The molecule has 2 aliphatic rings. The number of aromatic nitrogens is 1. The van der Waals surface area contributed by atoms with Crippen LogP contribution in [0.25, 0.3) is 10.8 Å². The number of hydrogen-bond donors (Lipinski definition) is 1. The maximum Gasteiger partial charge on any atom is 0.416 e. The number of anilines is 2. The molecule has 0 aliphatic carbocycles. The Kier molecular flexibility index (Phi) is 6.74. The van der Waals surface area contributed by atoms with E-state index in [1.165, 1.54) is 16.9 Å². The highest BCUT2D eigenvalue weighted by Gasteiger charge is 2.57. The molecule has 13 heteroatoms. The molecule has 44 heavy (non-hydrogen) atoms. The van der Waals surface area contributed by atoms with Crippen LogP contribution in [-0.4, -0.2) is 27.5 Å². The average Bonchev–Trinajstić information content (AvgIpc) is 3.70. The van der Waals surface area contributed by atoms with E-state index in [4.69, 9.17) is 4.42 Å². The number of carbonyl (C=O) groups excluding carboxylic acids is 3. The lowest BCUT2D eigenvalue weighted by Gasteiger charge is -2.29. The lowest BCUT2D eigenvalue weighted by Crippen LogP contribution is -2.32. The van der Waals surface area contributed by atoms with E-state index >= 15 is 0 Å². The summed E-state index contributed by atoms with van der Waals surface area (Å²) in [5.74, 6) is -3.46. The Bertz CT molecular complexity index is 2010. The fourth-order valence-electron chi connectivity index (χ4n) is 5.77. The van der Waals surface area contributed by atoms with Crippen LogP contribution < -0.4 is 15.1 Å². The summed E-state index contributed by atoms with van der Waals surface area (Å²) in [5, 5.41) is 3.87. The molecule has 0 saturated carbocycles. The Morgan fingerprint density at radius 2 is 1.70 bits per heavy atom. The second-order valence-electron chi connectivity index (χ2n) is 10.3. The predicted octanol–water partition coefficient (Wildman–Crippen LogP) is 6.11. The zero-order chi connectivity index (χ0) is 30.7. The third-order valence-corrected chi connectivity index (χ3v) is 10.3. The van der Waals surface area contributed by atoms with Gasteiger partial charge in [-0.25, -0.2) is 4.90 Å². The van der Waals surface area contributed by atoms with Crippen LogP contribution in [0.15, 0.2) is 99.4 Å². The molecule has 4 heterocycles. The van der Waals surface area contributed by atoms with E-state index in [9.17, 15) is 32.3 Å². The fourth-order valence-corrected chi connectivity index (χ4v) is 8.53. The van der Waals surface area contributed by atoms with Gasteiger partial charge in [0.1, 0.15) is 17.6 Å². The van der Waals surface area contributed by atoms with E-state index in [-0.39, 0.29) is 12.2 Å². The van der Waals surface area contributed by atoms with Crippen LogP contribution in [0.1, 0.15) is 22.1 Å². The predicted molar refractivity (Wildman–Crippen MR) is 159 cm³/mol. The normalized spacial score (nSPS) is 19.7. The van der Waals surface area contributed by atoms with Crippen molar-refractivity contribution < 1.29 is 32.0 Å². The minimum absolute atomic E-state index is 0.196. The summed E-state index contributed by atoms with van der Waals surface area (Å²) in [5.41, 5.74) is -0.621. The molecule has 3 atom stereocenters. The molecule has 3 aromatic carbocycles. The van der Waals surface area contributed by atoms with Crippen molar-refractivity contribution in [2.75, 3.05) is 10.2 Å². The largest absolute Gasteiger partial charge is 0.469 e. The number of benzene rings is 3. The number of nitrogens with zero attached hydrogens (tertiary/aromatic N) is 2. The van der Waals surface area contributed by atoms with E-state index in [1.807, 2.05) is 30.3 Å². The number of rotatable bonds is 5. The van der Waals surface area contributed by atoms with Crippen molar-refractivity contribution in [3.63, 3.8) is 0 Å². The highest BCUT2D eigenvalue weighted by Crippen LogP contribution is 2.54. The number of nitrogens with one attached hydrogen (secondary N) is 1. The second-order valence-corrected chi connectivity index (χ2v) is 12.4. The first-order valence-corrected chi connectivity index (χ1v) is 15.1. The number of thiazole rings is 1. The Morgan fingerprint density at radius 1 is 0.932 bits per heavy atom. The van der Waals surface area contributed by atoms with Crippen molar-refractivity contribution in [3.05, 3.63) is 111 Å². The topological polar surface area (TPSA) is 102 Å². The Balaban J connectivity index is 1.25. The standard InChI is InChI=1S/C31H20F3N3O5S2/c32-31(33,34)17-8-4-9-18(14-17)37-27(39)24-23(21-12-5-13-42-21)26-29(43-25(24)28(37)40)36(30(41)44-26)15-22(38)35-20-11-3-7-16-6-1-2-10-19(16)20/h1-14,23-25H,15H2,(H,35,38)/t23-,24-,25+/m0/s1. The zero-order valence-electron chi connectivity index (χ0n) is 22.4. The summed E-state index contributed by atoms with van der Waals surface area (Å²) in [4.78, 5) is 54.9. The van der Waals surface area contributed by atoms with Gasteiger partial charge in [-0.2, -0.15) is 13.2 Å². The van der Waals surface area contributed by atoms with E-state index < -0.39 is 51.4 Å². The molecule has 3 amide bonds. The summed E-state index contributed by atoms with van der Waals surface area (Å²) in [6, 6.07) is 20.3. The number of fused-ring (bicyclic) bond motifs is 3. The van der Waals surface area contributed by atoms with E-state index in [0.29, 0.717) is 21.4 Å².